The predicted octanol–water partition coefficient (Wildman–Crippen LogP) is 2.64. The Hall–Kier alpha value is -1.88. The van der Waals surface area contributed by atoms with E-state index in [0.717, 1.165) is 16.3 Å². The molecule has 0 bridgehead atoms. The Bertz CT molecular complexity index is 815. The van der Waals surface area contributed by atoms with Gasteiger partial charge in [-0.2, -0.15) is 0 Å². The first-order valence-electron chi connectivity index (χ1n) is 7.94. The van der Waals surface area contributed by atoms with Gasteiger partial charge in [-0.05, 0) is 36.1 Å². The summed E-state index contributed by atoms with van der Waals surface area (Å²) in [6, 6.07) is 14.1. The van der Waals surface area contributed by atoms with Crippen LogP contribution in [-0.4, -0.2) is 31.9 Å². The maximum absolute atomic E-state index is 12.4. The van der Waals surface area contributed by atoms with Crippen molar-refractivity contribution in [3.05, 3.63) is 48.0 Å². The van der Waals surface area contributed by atoms with E-state index >= 15 is 0 Å². The minimum absolute atomic E-state index is 0.0334. The minimum Gasteiger partial charge on any atom is -0.353 e. The van der Waals surface area contributed by atoms with Gasteiger partial charge < -0.3 is 5.32 Å². The molecule has 4 nitrogen and oxygen atoms in total. The van der Waals surface area contributed by atoms with E-state index in [0.29, 0.717) is 12.8 Å². The van der Waals surface area contributed by atoms with Gasteiger partial charge >= 0.3 is 0 Å². The number of carbonyl (C=O) groups excluding carboxylic acids is 1. The molecule has 1 heterocycles. The molecule has 1 amide bonds. The molecule has 1 atom stereocenters. The summed E-state index contributed by atoms with van der Waals surface area (Å²) in [4.78, 5) is 12.4. The van der Waals surface area contributed by atoms with Crippen LogP contribution < -0.4 is 5.32 Å². The molecule has 0 aliphatic carbocycles. The summed E-state index contributed by atoms with van der Waals surface area (Å²) in [5.74, 6) is 0.0488. The molecular weight excluding hydrogens is 310 g/mol. The van der Waals surface area contributed by atoms with Crippen molar-refractivity contribution in [3.8, 4) is 0 Å². The highest BCUT2D eigenvalue weighted by Crippen LogP contribution is 2.22. The van der Waals surface area contributed by atoms with E-state index in [-0.39, 0.29) is 29.4 Å². The van der Waals surface area contributed by atoms with Crippen molar-refractivity contribution in [2.75, 3.05) is 11.5 Å². The Morgan fingerprint density at radius 2 is 1.74 bits per heavy atom. The fraction of sp³-hybridized carbons (Fsp3) is 0.389. The van der Waals surface area contributed by atoms with Crippen molar-refractivity contribution in [1.82, 2.24) is 5.32 Å². The maximum Gasteiger partial charge on any atom is 0.227 e. The van der Waals surface area contributed by atoms with E-state index in [1.807, 2.05) is 49.4 Å². The van der Waals surface area contributed by atoms with Crippen molar-refractivity contribution in [2.45, 2.75) is 31.7 Å². The topological polar surface area (TPSA) is 63.2 Å². The van der Waals surface area contributed by atoms with Gasteiger partial charge in [0.1, 0.15) is 9.84 Å². The number of carbonyl (C=O) groups is 1. The molecule has 1 saturated heterocycles. The first-order chi connectivity index (χ1) is 10.9. The number of hydrogen-bond donors (Lipinski definition) is 1. The second-order valence-corrected chi connectivity index (χ2v) is 8.57. The van der Waals surface area contributed by atoms with Crippen LogP contribution in [0.3, 0.4) is 0 Å². The summed E-state index contributed by atoms with van der Waals surface area (Å²) < 4.78 is 22.9. The number of nitrogens with one attached hydrogen (secondary N) is 1. The second-order valence-electron chi connectivity index (χ2n) is 6.26. The predicted molar refractivity (Wildman–Crippen MR) is 92.2 cm³/mol. The molecule has 1 unspecified atom stereocenters. The zero-order valence-corrected chi connectivity index (χ0v) is 14.0. The van der Waals surface area contributed by atoms with Crippen LogP contribution in [0.25, 0.3) is 10.8 Å². The van der Waals surface area contributed by atoms with Gasteiger partial charge in [0, 0.05) is 6.04 Å². The number of rotatable bonds is 3. The molecule has 0 aromatic heterocycles. The van der Waals surface area contributed by atoms with Crippen LogP contribution in [0, 0.1) is 0 Å². The molecule has 1 aliphatic heterocycles. The average molecular weight is 331 g/mol. The standard InChI is InChI=1S/C18H21NO3S/c1-13(15-7-6-14-4-2-3-5-16(14)12-15)18(20)19-17-8-10-23(21,22)11-9-17/h2-7,12-13,17H,8-11H2,1H3,(H,19,20). The summed E-state index contributed by atoms with van der Waals surface area (Å²) in [5.41, 5.74) is 0.977. The molecule has 1 aliphatic rings. The normalized spacial score (nSPS) is 19.3. The van der Waals surface area contributed by atoms with Crippen molar-refractivity contribution >= 4 is 26.5 Å². The van der Waals surface area contributed by atoms with E-state index in [4.69, 9.17) is 0 Å². The summed E-state index contributed by atoms with van der Waals surface area (Å²) in [6.07, 6.45) is 1.02. The molecule has 0 radical (unpaired) electrons. The third-order valence-corrected chi connectivity index (χ3v) is 6.28. The molecule has 122 valence electrons. The van der Waals surface area contributed by atoms with Crippen LogP contribution >= 0.6 is 0 Å². The monoisotopic (exact) mass is 331 g/mol. The molecule has 3 rings (SSSR count). The molecule has 1 N–H and O–H groups in total. The lowest BCUT2D eigenvalue weighted by Gasteiger charge is -2.24. The van der Waals surface area contributed by atoms with Gasteiger partial charge in [0.25, 0.3) is 0 Å². The van der Waals surface area contributed by atoms with Gasteiger partial charge in [0.15, 0.2) is 0 Å². The smallest absolute Gasteiger partial charge is 0.227 e. The van der Waals surface area contributed by atoms with Gasteiger partial charge in [-0.1, -0.05) is 42.5 Å². The van der Waals surface area contributed by atoms with Crippen molar-refractivity contribution in [3.63, 3.8) is 0 Å². The number of fused-ring (bicyclic) bond motifs is 1. The Morgan fingerprint density at radius 3 is 2.43 bits per heavy atom. The fourth-order valence-corrected chi connectivity index (χ4v) is 4.48. The van der Waals surface area contributed by atoms with Crippen LogP contribution in [0.1, 0.15) is 31.2 Å². The number of hydrogen-bond acceptors (Lipinski definition) is 3. The zero-order chi connectivity index (χ0) is 16.4. The second kappa shape index (κ2) is 6.32. The lowest BCUT2D eigenvalue weighted by atomic mass is 9.96. The van der Waals surface area contributed by atoms with Crippen LogP contribution in [-0.2, 0) is 14.6 Å². The molecular formula is C18H21NO3S. The minimum atomic E-state index is -2.90. The van der Waals surface area contributed by atoms with Crippen molar-refractivity contribution in [2.24, 2.45) is 0 Å². The molecule has 0 spiro atoms. The first kappa shape index (κ1) is 16.0. The third kappa shape index (κ3) is 3.72. The average Bonchev–Trinajstić information content (AvgIpc) is 2.55. The largest absolute Gasteiger partial charge is 0.353 e. The lowest BCUT2D eigenvalue weighted by Crippen LogP contribution is -2.42. The van der Waals surface area contributed by atoms with Gasteiger partial charge in [0.2, 0.25) is 5.91 Å². The number of benzene rings is 2. The summed E-state index contributed by atoms with van der Waals surface area (Å²) in [6.45, 7) is 1.89. The van der Waals surface area contributed by atoms with Gasteiger partial charge in [-0.15, -0.1) is 0 Å². The van der Waals surface area contributed by atoms with Crippen LogP contribution in [0.2, 0.25) is 0 Å². The molecule has 2 aromatic rings. The highest BCUT2D eigenvalue weighted by atomic mass is 32.2. The van der Waals surface area contributed by atoms with E-state index < -0.39 is 9.84 Å². The SMILES string of the molecule is CC(C(=O)NC1CCS(=O)(=O)CC1)c1ccc2ccccc2c1. The van der Waals surface area contributed by atoms with Crippen LogP contribution in [0.5, 0.6) is 0 Å². The number of amides is 1. The summed E-state index contributed by atoms with van der Waals surface area (Å²) in [5, 5.41) is 5.27. The van der Waals surface area contributed by atoms with Gasteiger partial charge in [-0.25, -0.2) is 8.42 Å². The summed E-state index contributed by atoms with van der Waals surface area (Å²) in [7, 11) is -2.90. The van der Waals surface area contributed by atoms with Gasteiger partial charge in [0.05, 0.1) is 17.4 Å². The van der Waals surface area contributed by atoms with E-state index in [9.17, 15) is 13.2 Å². The van der Waals surface area contributed by atoms with Crippen molar-refractivity contribution in [1.29, 1.82) is 0 Å². The fourth-order valence-electron chi connectivity index (χ4n) is 2.99. The Balaban J connectivity index is 1.69. The molecule has 1 fully saturated rings. The van der Waals surface area contributed by atoms with E-state index in [1.165, 1.54) is 0 Å². The van der Waals surface area contributed by atoms with E-state index in [1.54, 1.807) is 0 Å². The molecule has 2 aromatic carbocycles. The summed E-state index contributed by atoms with van der Waals surface area (Å²) >= 11 is 0. The third-order valence-electron chi connectivity index (χ3n) is 4.57. The Morgan fingerprint density at radius 1 is 1.09 bits per heavy atom. The lowest BCUT2D eigenvalue weighted by molar-refractivity contribution is -0.123. The van der Waals surface area contributed by atoms with Crippen LogP contribution in [0.15, 0.2) is 42.5 Å². The van der Waals surface area contributed by atoms with Crippen LogP contribution in [0.4, 0.5) is 0 Å². The van der Waals surface area contributed by atoms with Gasteiger partial charge in [-0.3, -0.25) is 4.79 Å². The maximum atomic E-state index is 12.4. The van der Waals surface area contributed by atoms with E-state index in [2.05, 4.69) is 5.32 Å². The highest BCUT2D eigenvalue weighted by Gasteiger charge is 2.26. The quantitative estimate of drug-likeness (QED) is 0.940. The molecule has 23 heavy (non-hydrogen) atoms. The zero-order valence-electron chi connectivity index (χ0n) is 13.2. The van der Waals surface area contributed by atoms with Crippen molar-refractivity contribution < 1.29 is 13.2 Å². The first-order valence-corrected chi connectivity index (χ1v) is 9.76. The Kier molecular flexibility index (Phi) is 4.39. The Labute approximate surface area is 136 Å². The molecule has 0 saturated carbocycles. The highest BCUT2D eigenvalue weighted by molar-refractivity contribution is 7.91. The molecule has 5 heteroatoms. The number of sulfone groups is 1.